The third-order valence-corrected chi connectivity index (χ3v) is 5.39. The minimum absolute atomic E-state index is 0.109. The zero-order chi connectivity index (χ0) is 19.5. The summed E-state index contributed by atoms with van der Waals surface area (Å²) in [5, 5.41) is 4.41. The number of aromatic nitrogens is 1. The molecule has 0 aliphatic carbocycles. The van der Waals surface area contributed by atoms with Gasteiger partial charge in [-0.1, -0.05) is 42.1 Å². The number of hydrogen-bond acceptors (Lipinski definition) is 2. The van der Waals surface area contributed by atoms with Crippen LogP contribution in [0.25, 0.3) is 10.9 Å². The second-order valence-electron chi connectivity index (χ2n) is 6.24. The number of anilines is 1. The Morgan fingerprint density at radius 3 is 2.43 bits per heavy atom. The van der Waals surface area contributed by atoms with Crippen molar-refractivity contribution in [3.05, 3.63) is 90.0 Å². The first-order valence-electron chi connectivity index (χ1n) is 8.67. The van der Waals surface area contributed by atoms with Crippen LogP contribution in [0.2, 0.25) is 0 Å². The predicted molar refractivity (Wildman–Crippen MR) is 108 cm³/mol. The molecule has 0 unspecified atom stereocenters. The highest BCUT2D eigenvalue weighted by Gasteiger charge is 2.17. The number of H-pyrrole nitrogens is 1. The molecule has 3 aromatic carbocycles. The van der Waals surface area contributed by atoms with Crippen LogP contribution in [-0.2, 0) is 11.2 Å². The number of aromatic amines is 1. The Bertz CT molecular complexity index is 1140. The largest absolute Gasteiger partial charge is 0.349 e. The van der Waals surface area contributed by atoms with Gasteiger partial charge in [0, 0.05) is 27.0 Å². The fourth-order valence-electron chi connectivity index (χ4n) is 2.97. The highest BCUT2D eigenvalue weighted by Crippen LogP contribution is 2.36. The minimum Gasteiger partial charge on any atom is -0.349 e. The summed E-state index contributed by atoms with van der Waals surface area (Å²) in [7, 11) is 0. The van der Waals surface area contributed by atoms with Crippen LogP contribution < -0.4 is 5.32 Å². The quantitative estimate of drug-likeness (QED) is 0.451. The number of fused-ring (bicyclic) bond motifs is 1. The van der Waals surface area contributed by atoms with Crippen LogP contribution >= 0.6 is 11.8 Å². The van der Waals surface area contributed by atoms with E-state index in [4.69, 9.17) is 0 Å². The second-order valence-corrected chi connectivity index (χ2v) is 7.29. The number of para-hydroxylation sites is 1. The summed E-state index contributed by atoms with van der Waals surface area (Å²) >= 11 is 1.26. The Balaban J connectivity index is 1.64. The van der Waals surface area contributed by atoms with Gasteiger partial charge in [-0.15, -0.1) is 0 Å². The Kier molecular flexibility index (Phi) is 5.12. The smallest absolute Gasteiger partial charge is 0.228 e. The van der Waals surface area contributed by atoms with Crippen molar-refractivity contribution < 1.29 is 13.6 Å². The average molecular weight is 394 g/mol. The van der Waals surface area contributed by atoms with Gasteiger partial charge in [-0.05, 0) is 42.5 Å². The minimum atomic E-state index is -0.363. The lowest BCUT2D eigenvalue weighted by molar-refractivity contribution is -0.115. The maximum atomic E-state index is 14.1. The molecule has 2 N–H and O–H groups in total. The van der Waals surface area contributed by atoms with Crippen molar-refractivity contribution in [1.82, 2.24) is 4.98 Å². The van der Waals surface area contributed by atoms with Crippen LogP contribution in [0.5, 0.6) is 0 Å². The molecule has 0 saturated heterocycles. The number of carbonyl (C=O) groups is 1. The fraction of sp³-hybridized carbons (Fsp3) is 0.0455. The number of benzene rings is 3. The van der Waals surface area contributed by atoms with E-state index in [-0.39, 0.29) is 24.0 Å². The van der Waals surface area contributed by atoms with E-state index in [2.05, 4.69) is 10.3 Å². The topological polar surface area (TPSA) is 44.9 Å². The number of nitrogens with one attached hydrogen (secondary N) is 2. The van der Waals surface area contributed by atoms with Crippen molar-refractivity contribution in [3.63, 3.8) is 0 Å². The summed E-state index contributed by atoms with van der Waals surface area (Å²) in [6, 6.07) is 19.8. The van der Waals surface area contributed by atoms with Crippen LogP contribution in [0.1, 0.15) is 5.56 Å². The number of carbonyl (C=O) groups excluding carboxylic acids is 1. The van der Waals surface area contributed by atoms with Crippen molar-refractivity contribution in [1.29, 1.82) is 0 Å². The summed E-state index contributed by atoms with van der Waals surface area (Å²) < 4.78 is 27.1. The van der Waals surface area contributed by atoms with E-state index in [0.29, 0.717) is 10.6 Å². The SMILES string of the molecule is O=C(Cc1c(Sc2ccccc2F)[nH]c2ccccc12)Nc1ccc(F)cc1. The highest BCUT2D eigenvalue weighted by atomic mass is 32.2. The van der Waals surface area contributed by atoms with Gasteiger partial charge in [0.05, 0.1) is 11.4 Å². The van der Waals surface area contributed by atoms with E-state index < -0.39 is 0 Å². The lowest BCUT2D eigenvalue weighted by atomic mass is 10.1. The van der Waals surface area contributed by atoms with Crippen molar-refractivity contribution >= 4 is 34.3 Å². The highest BCUT2D eigenvalue weighted by molar-refractivity contribution is 7.99. The molecule has 0 spiro atoms. The molecule has 0 aliphatic rings. The Labute approximate surface area is 164 Å². The zero-order valence-corrected chi connectivity index (χ0v) is 15.5. The summed E-state index contributed by atoms with van der Waals surface area (Å²) in [5.41, 5.74) is 2.20. The van der Waals surface area contributed by atoms with Gasteiger partial charge in [0.15, 0.2) is 0 Å². The van der Waals surface area contributed by atoms with Crippen LogP contribution in [0.4, 0.5) is 14.5 Å². The van der Waals surface area contributed by atoms with Crippen molar-refractivity contribution in [3.8, 4) is 0 Å². The van der Waals surface area contributed by atoms with E-state index in [1.165, 1.54) is 42.1 Å². The first-order valence-corrected chi connectivity index (χ1v) is 9.49. The third-order valence-electron chi connectivity index (χ3n) is 4.29. The lowest BCUT2D eigenvalue weighted by Crippen LogP contribution is -2.14. The molecule has 3 nitrogen and oxygen atoms in total. The first-order chi connectivity index (χ1) is 13.6. The maximum Gasteiger partial charge on any atom is 0.228 e. The second kappa shape index (κ2) is 7.86. The van der Waals surface area contributed by atoms with E-state index in [0.717, 1.165) is 21.5 Å². The van der Waals surface area contributed by atoms with Gasteiger partial charge in [0.2, 0.25) is 5.91 Å². The summed E-state index contributed by atoms with van der Waals surface area (Å²) in [6.07, 6.45) is 0.109. The Morgan fingerprint density at radius 1 is 0.929 bits per heavy atom. The molecule has 28 heavy (non-hydrogen) atoms. The Morgan fingerprint density at radius 2 is 1.64 bits per heavy atom. The maximum absolute atomic E-state index is 14.1. The number of rotatable bonds is 5. The van der Waals surface area contributed by atoms with Crippen LogP contribution in [0, 0.1) is 11.6 Å². The van der Waals surface area contributed by atoms with Crippen molar-refractivity contribution in [2.24, 2.45) is 0 Å². The van der Waals surface area contributed by atoms with E-state index in [9.17, 15) is 13.6 Å². The van der Waals surface area contributed by atoms with Gasteiger partial charge < -0.3 is 10.3 Å². The number of amides is 1. The summed E-state index contributed by atoms with van der Waals surface area (Å²) in [6.45, 7) is 0. The van der Waals surface area contributed by atoms with E-state index in [1.807, 2.05) is 24.3 Å². The average Bonchev–Trinajstić information content (AvgIpc) is 3.03. The molecule has 1 amide bonds. The zero-order valence-electron chi connectivity index (χ0n) is 14.7. The molecule has 1 aromatic heterocycles. The molecule has 140 valence electrons. The summed E-state index contributed by atoms with van der Waals surface area (Å²) in [5.74, 6) is -0.905. The van der Waals surface area contributed by atoms with Crippen LogP contribution in [0.3, 0.4) is 0 Å². The van der Waals surface area contributed by atoms with Crippen molar-refractivity contribution in [2.45, 2.75) is 16.3 Å². The first kappa shape index (κ1) is 18.3. The predicted octanol–water partition coefficient (Wildman–Crippen LogP) is 5.78. The van der Waals surface area contributed by atoms with Crippen LogP contribution in [-0.4, -0.2) is 10.9 Å². The molecule has 1 heterocycles. The molecular weight excluding hydrogens is 378 g/mol. The van der Waals surface area contributed by atoms with Crippen LogP contribution in [0.15, 0.2) is 82.7 Å². The molecule has 0 saturated carbocycles. The fourth-order valence-corrected chi connectivity index (χ4v) is 3.97. The molecule has 0 bridgehead atoms. The van der Waals surface area contributed by atoms with Gasteiger partial charge in [0.1, 0.15) is 11.6 Å². The molecule has 0 fully saturated rings. The van der Waals surface area contributed by atoms with E-state index in [1.54, 1.807) is 18.2 Å². The number of halogens is 2. The van der Waals surface area contributed by atoms with Gasteiger partial charge in [-0.25, -0.2) is 8.78 Å². The lowest BCUT2D eigenvalue weighted by Gasteiger charge is -2.07. The van der Waals surface area contributed by atoms with Crippen molar-refractivity contribution in [2.75, 3.05) is 5.32 Å². The molecule has 0 atom stereocenters. The molecule has 4 rings (SSSR count). The summed E-state index contributed by atoms with van der Waals surface area (Å²) in [4.78, 5) is 16.3. The molecule has 4 aromatic rings. The van der Waals surface area contributed by atoms with Gasteiger partial charge in [-0.3, -0.25) is 4.79 Å². The monoisotopic (exact) mass is 394 g/mol. The number of hydrogen-bond donors (Lipinski definition) is 2. The molecule has 6 heteroatoms. The molecular formula is C22H16F2N2OS. The molecule has 0 aliphatic heterocycles. The molecule has 0 radical (unpaired) electrons. The van der Waals surface area contributed by atoms with Gasteiger partial charge in [-0.2, -0.15) is 0 Å². The normalized spacial score (nSPS) is 10.9. The van der Waals surface area contributed by atoms with E-state index >= 15 is 0 Å². The Hall–Kier alpha value is -3.12. The van der Waals surface area contributed by atoms with Gasteiger partial charge in [0.25, 0.3) is 0 Å². The van der Waals surface area contributed by atoms with Gasteiger partial charge >= 0.3 is 0 Å². The third kappa shape index (κ3) is 3.92. The standard InChI is InChI=1S/C22H16F2N2OS/c23-14-9-11-15(12-10-14)25-21(27)13-17-16-5-1-3-7-19(16)26-22(17)28-20-8-4-2-6-18(20)24/h1-12,26H,13H2,(H,25,27).